The molecule has 0 aliphatic heterocycles. The Labute approximate surface area is 133 Å². The minimum Gasteiger partial charge on any atom is -0.468 e. The first-order valence-electron chi connectivity index (χ1n) is 7.40. The molecular weight excluding hydrogens is 337 g/mol. The van der Waals surface area contributed by atoms with E-state index in [1.165, 1.54) is 26.0 Å². The first kappa shape index (κ1) is 16.4. The lowest BCUT2D eigenvalue weighted by Crippen LogP contribution is -2.38. The average Bonchev–Trinajstić information content (AvgIpc) is 2.75. The molecule has 21 heavy (non-hydrogen) atoms. The van der Waals surface area contributed by atoms with Crippen molar-refractivity contribution in [3.63, 3.8) is 0 Å². The number of benzene rings is 1. The van der Waals surface area contributed by atoms with Crippen LogP contribution in [0.2, 0.25) is 0 Å². The maximum absolute atomic E-state index is 14.1. The average molecular weight is 358 g/mol. The highest BCUT2D eigenvalue weighted by atomic mass is 79.9. The Morgan fingerprint density at radius 2 is 2.00 bits per heavy atom. The van der Waals surface area contributed by atoms with Crippen LogP contribution in [-0.4, -0.2) is 19.1 Å². The second-order valence-corrected chi connectivity index (χ2v) is 6.39. The van der Waals surface area contributed by atoms with Gasteiger partial charge < -0.3 is 4.74 Å². The molecule has 1 aromatic rings. The summed E-state index contributed by atoms with van der Waals surface area (Å²) >= 11 is 3.33. The molecule has 0 amide bonds. The van der Waals surface area contributed by atoms with E-state index in [2.05, 4.69) is 21.2 Å². The van der Waals surface area contributed by atoms with E-state index in [1.807, 2.05) is 0 Å². The highest BCUT2D eigenvalue weighted by Gasteiger charge is 2.27. The Bertz CT molecular complexity index is 487. The van der Waals surface area contributed by atoms with Crippen LogP contribution in [0, 0.1) is 5.82 Å². The third kappa shape index (κ3) is 4.51. The Morgan fingerprint density at radius 3 is 2.62 bits per heavy atom. The fraction of sp³-hybridized carbons (Fsp3) is 0.562. The van der Waals surface area contributed by atoms with Crippen molar-refractivity contribution in [2.75, 3.05) is 7.11 Å². The van der Waals surface area contributed by atoms with E-state index in [0.717, 1.165) is 30.2 Å². The van der Waals surface area contributed by atoms with Gasteiger partial charge in [0, 0.05) is 16.1 Å². The fourth-order valence-corrected chi connectivity index (χ4v) is 3.20. The summed E-state index contributed by atoms with van der Waals surface area (Å²) in [6, 6.07) is 4.11. The molecule has 0 aromatic heterocycles. The molecule has 1 fully saturated rings. The molecule has 3 nitrogen and oxygen atoms in total. The smallest absolute Gasteiger partial charge is 0.327 e. The van der Waals surface area contributed by atoms with Crippen molar-refractivity contribution in [2.24, 2.45) is 0 Å². The molecule has 116 valence electrons. The lowest BCUT2D eigenvalue weighted by molar-refractivity contribution is -0.143. The molecule has 1 aromatic carbocycles. The number of nitrogens with one attached hydrogen (secondary N) is 1. The van der Waals surface area contributed by atoms with Crippen molar-refractivity contribution in [3.8, 4) is 0 Å². The summed E-state index contributed by atoms with van der Waals surface area (Å²) < 4.78 is 19.7. The predicted molar refractivity (Wildman–Crippen MR) is 83.5 cm³/mol. The van der Waals surface area contributed by atoms with Gasteiger partial charge in [0.05, 0.1) is 7.11 Å². The molecule has 0 saturated heterocycles. The van der Waals surface area contributed by atoms with Crippen molar-refractivity contribution in [1.82, 2.24) is 5.32 Å². The zero-order chi connectivity index (χ0) is 15.2. The third-order valence-electron chi connectivity index (χ3n) is 3.96. The number of esters is 1. The molecule has 1 unspecified atom stereocenters. The van der Waals surface area contributed by atoms with Crippen LogP contribution in [0.25, 0.3) is 0 Å². The van der Waals surface area contributed by atoms with Gasteiger partial charge in [-0.05, 0) is 31.0 Å². The molecule has 0 spiro atoms. The van der Waals surface area contributed by atoms with Crippen LogP contribution >= 0.6 is 15.9 Å². The lowest BCUT2D eigenvalue weighted by Gasteiger charge is -2.24. The molecule has 5 heteroatoms. The molecule has 1 aliphatic rings. The molecule has 0 radical (unpaired) electrons. The van der Waals surface area contributed by atoms with Gasteiger partial charge in [-0.3, -0.25) is 5.32 Å². The van der Waals surface area contributed by atoms with Crippen LogP contribution in [0.4, 0.5) is 4.39 Å². The maximum atomic E-state index is 14.1. The number of hydrogen-bond acceptors (Lipinski definition) is 3. The largest absolute Gasteiger partial charge is 0.468 e. The fourth-order valence-electron chi connectivity index (χ4n) is 2.82. The van der Waals surface area contributed by atoms with Gasteiger partial charge in [-0.25, -0.2) is 9.18 Å². The third-order valence-corrected chi connectivity index (χ3v) is 4.46. The molecule has 0 bridgehead atoms. The highest BCUT2D eigenvalue weighted by Crippen LogP contribution is 2.26. The first-order chi connectivity index (χ1) is 10.1. The van der Waals surface area contributed by atoms with Crippen molar-refractivity contribution >= 4 is 21.9 Å². The van der Waals surface area contributed by atoms with Gasteiger partial charge in [0.2, 0.25) is 0 Å². The van der Waals surface area contributed by atoms with Crippen LogP contribution in [0.5, 0.6) is 0 Å². The standard InChI is InChI=1S/C16H21BrFNO2/c1-21-16(20)15(13-10-11(17)8-9-14(13)18)19-12-6-4-2-3-5-7-12/h8-10,12,15,19H,2-7H2,1H3. The molecule has 0 heterocycles. The van der Waals surface area contributed by atoms with Crippen LogP contribution in [0.15, 0.2) is 22.7 Å². The van der Waals surface area contributed by atoms with Crippen molar-refractivity contribution in [2.45, 2.75) is 50.6 Å². The minimum absolute atomic E-state index is 0.231. The van der Waals surface area contributed by atoms with E-state index in [1.54, 1.807) is 12.1 Å². The van der Waals surface area contributed by atoms with E-state index >= 15 is 0 Å². The second kappa shape index (κ2) is 7.90. The quantitative estimate of drug-likeness (QED) is 0.650. The van der Waals surface area contributed by atoms with Crippen LogP contribution < -0.4 is 5.32 Å². The van der Waals surface area contributed by atoms with Gasteiger partial charge in [0.1, 0.15) is 11.9 Å². The zero-order valence-corrected chi connectivity index (χ0v) is 13.8. The number of methoxy groups -OCH3 is 1. The van der Waals surface area contributed by atoms with Gasteiger partial charge in [0.25, 0.3) is 0 Å². The summed E-state index contributed by atoms with van der Waals surface area (Å²) in [5, 5.41) is 3.30. The molecular formula is C16H21BrFNO2. The van der Waals surface area contributed by atoms with Crippen molar-refractivity contribution in [1.29, 1.82) is 0 Å². The van der Waals surface area contributed by atoms with Crippen LogP contribution in [-0.2, 0) is 9.53 Å². The number of carbonyl (C=O) groups excluding carboxylic acids is 1. The molecule has 1 N–H and O–H groups in total. The normalized spacial score (nSPS) is 18.0. The Morgan fingerprint density at radius 1 is 1.33 bits per heavy atom. The van der Waals surface area contributed by atoms with Gasteiger partial charge in [-0.1, -0.05) is 41.6 Å². The van der Waals surface area contributed by atoms with Crippen LogP contribution in [0.1, 0.15) is 50.1 Å². The van der Waals surface area contributed by atoms with Crippen LogP contribution in [0.3, 0.4) is 0 Å². The van der Waals surface area contributed by atoms with E-state index in [-0.39, 0.29) is 6.04 Å². The summed E-state index contributed by atoms with van der Waals surface area (Å²) in [4.78, 5) is 12.1. The number of halogens is 2. The lowest BCUT2D eigenvalue weighted by atomic mass is 10.0. The Hall–Kier alpha value is -0.940. The van der Waals surface area contributed by atoms with E-state index in [0.29, 0.717) is 5.56 Å². The van der Waals surface area contributed by atoms with Crippen molar-refractivity contribution < 1.29 is 13.9 Å². The SMILES string of the molecule is COC(=O)C(NC1CCCCCC1)c1cc(Br)ccc1F. The van der Waals surface area contributed by atoms with E-state index < -0.39 is 17.8 Å². The predicted octanol–water partition coefficient (Wildman–Crippen LogP) is 4.11. The molecule has 1 saturated carbocycles. The topological polar surface area (TPSA) is 38.3 Å². The highest BCUT2D eigenvalue weighted by molar-refractivity contribution is 9.10. The molecule has 1 aliphatic carbocycles. The molecule has 1 atom stereocenters. The number of hydrogen-bond donors (Lipinski definition) is 1. The number of ether oxygens (including phenoxy) is 1. The van der Waals surface area contributed by atoms with Gasteiger partial charge >= 0.3 is 5.97 Å². The monoisotopic (exact) mass is 357 g/mol. The summed E-state index contributed by atoms with van der Waals surface area (Å²) in [7, 11) is 1.33. The second-order valence-electron chi connectivity index (χ2n) is 5.48. The number of carbonyl (C=O) groups is 1. The van der Waals surface area contributed by atoms with Gasteiger partial charge in [0.15, 0.2) is 0 Å². The molecule has 2 rings (SSSR count). The van der Waals surface area contributed by atoms with E-state index in [9.17, 15) is 9.18 Å². The summed E-state index contributed by atoms with van der Waals surface area (Å²) in [5.74, 6) is -0.842. The summed E-state index contributed by atoms with van der Waals surface area (Å²) in [6.07, 6.45) is 6.78. The Kier molecular flexibility index (Phi) is 6.18. The van der Waals surface area contributed by atoms with Gasteiger partial charge in [-0.2, -0.15) is 0 Å². The minimum atomic E-state index is -0.754. The van der Waals surface area contributed by atoms with Gasteiger partial charge in [-0.15, -0.1) is 0 Å². The summed E-state index contributed by atoms with van der Waals surface area (Å²) in [5.41, 5.74) is 0.334. The maximum Gasteiger partial charge on any atom is 0.327 e. The Balaban J connectivity index is 2.21. The first-order valence-corrected chi connectivity index (χ1v) is 8.20. The summed E-state index contributed by atoms with van der Waals surface area (Å²) in [6.45, 7) is 0. The zero-order valence-electron chi connectivity index (χ0n) is 12.2. The van der Waals surface area contributed by atoms with E-state index in [4.69, 9.17) is 4.74 Å². The van der Waals surface area contributed by atoms with Crippen molar-refractivity contribution in [3.05, 3.63) is 34.1 Å². The number of rotatable bonds is 4.